The summed E-state index contributed by atoms with van der Waals surface area (Å²) >= 11 is 0. The van der Waals surface area contributed by atoms with Crippen molar-refractivity contribution in [3.63, 3.8) is 0 Å². The first-order valence-electron chi connectivity index (χ1n) is 5.77. The van der Waals surface area contributed by atoms with Crippen LogP contribution in [0.2, 0.25) is 0 Å². The van der Waals surface area contributed by atoms with E-state index < -0.39 is 0 Å². The number of nitrogens with two attached hydrogens (primary N) is 1. The zero-order valence-electron chi connectivity index (χ0n) is 9.72. The lowest BCUT2D eigenvalue weighted by atomic mass is 10.0. The van der Waals surface area contributed by atoms with Gasteiger partial charge < -0.3 is 10.5 Å². The first-order chi connectivity index (χ1) is 8.74. The SMILES string of the molecule is Nc1ccc(C2=CCC3=C(N=CCC3=O)O2)cc1. The molecule has 0 spiro atoms. The minimum atomic E-state index is 0.0904. The monoisotopic (exact) mass is 240 g/mol. The van der Waals surface area contributed by atoms with Gasteiger partial charge in [0.1, 0.15) is 5.76 Å². The predicted octanol–water partition coefficient (Wildman–Crippen LogP) is 2.29. The molecule has 4 heteroatoms. The zero-order chi connectivity index (χ0) is 12.5. The maximum absolute atomic E-state index is 11.6. The van der Waals surface area contributed by atoms with E-state index in [-0.39, 0.29) is 5.78 Å². The summed E-state index contributed by atoms with van der Waals surface area (Å²) in [6.07, 6.45) is 4.44. The summed E-state index contributed by atoms with van der Waals surface area (Å²) in [7, 11) is 0. The number of anilines is 1. The number of benzene rings is 1. The molecule has 2 heterocycles. The van der Waals surface area contributed by atoms with E-state index in [2.05, 4.69) is 4.99 Å². The molecule has 0 saturated heterocycles. The lowest BCUT2D eigenvalue weighted by Crippen LogP contribution is -2.14. The highest BCUT2D eigenvalue weighted by atomic mass is 16.5. The maximum Gasteiger partial charge on any atom is 0.226 e. The van der Waals surface area contributed by atoms with E-state index in [1.54, 1.807) is 6.21 Å². The first-order valence-corrected chi connectivity index (χ1v) is 5.77. The Labute approximate surface area is 104 Å². The summed E-state index contributed by atoms with van der Waals surface area (Å²) in [4.78, 5) is 15.8. The smallest absolute Gasteiger partial charge is 0.226 e. The van der Waals surface area contributed by atoms with Crippen molar-refractivity contribution in [1.29, 1.82) is 0 Å². The van der Waals surface area contributed by atoms with Gasteiger partial charge in [0, 0.05) is 30.3 Å². The first kappa shape index (κ1) is 10.8. The molecule has 18 heavy (non-hydrogen) atoms. The quantitative estimate of drug-likeness (QED) is 0.766. The molecule has 0 aliphatic carbocycles. The van der Waals surface area contributed by atoms with E-state index in [1.165, 1.54) is 0 Å². The summed E-state index contributed by atoms with van der Waals surface area (Å²) in [5.74, 6) is 1.24. The van der Waals surface area contributed by atoms with E-state index in [0.29, 0.717) is 30.0 Å². The van der Waals surface area contributed by atoms with Crippen molar-refractivity contribution in [3.8, 4) is 0 Å². The van der Waals surface area contributed by atoms with Gasteiger partial charge >= 0.3 is 0 Å². The fourth-order valence-electron chi connectivity index (χ4n) is 1.99. The van der Waals surface area contributed by atoms with Gasteiger partial charge in [-0.15, -0.1) is 0 Å². The number of carbonyl (C=O) groups is 1. The highest BCUT2D eigenvalue weighted by Crippen LogP contribution is 2.31. The van der Waals surface area contributed by atoms with Crippen LogP contribution in [0.1, 0.15) is 18.4 Å². The second-order valence-corrected chi connectivity index (χ2v) is 4.22. The Hall–Kier alpha value is -2.36. The molecular weight excluding hydrogens is 228 g/mol. The lowest BCUT2D eigenvalue weighted by molar-refractivity contribution is -0.114. The van der Waals surface area contributed by atoms with Crippen molar-refractivity contribution >= 4 is 23.4 Å². The predicted molar refractivity (Wildman–Crippen MR) is 69.7 cm³/mol. The number of aliphatic imine (C=N–C) groups is 1. The molecule has 0 atom stereocenters. The van der Waals surface area contributed by atoms with E-state index in [1.807, 2.05) is 30.3 Å². The van der Waals surface area contributed by atoms with E-state index in [9.17, 15) is 4.79 Å². The molecule has 0 unspecified atom stereocenters. The van der Waals surface area contributed by atoms with E-state index in [0.717, 1.165) is 11.3 Å². The molecule has 0 amide bonds. The van der Waals surface area contributed by atoms with Gasteiger partial charge in [-0.05, 0) is 30.3 Å². The van der Waals surface area contributed by atoms with Crippen molar-refractivity contribution in [3.05, 3.63) is 47.4 Å². The Balaban J connectivity index is 1.88. The highest BCUT2D eigenvalue weighted by molar-refractivity contribution is 6.06. The summed E-state index contributed by atoms with van der Waals surface area (Å²) in [6, 6.07) is 7.42. The van der Waals surface area contributed by atoms with Crippen LogP contribution in [0.4, 0.5) is 5.69 Å². The molecule has 1 aromatic rings. The Morgan fingerprint density at radius 3 is 2.72 bits per heavy atom. The molecule has 90 valence electrons. The molecule has 1 aromatic carbocycles. The Morgan fingerprint density at radius 2 is 1.94 bits per heavy atom. The number of hydrogen-bond acceptors (Lipinski definition) is 4. The molecule has 4 nitrogen and oxygen atoms in total. The second-order valence-electron chi connectivity index (χ2n) is 4.22. The van der Waals surface area contributed by atoms with Crippen LogP contribution in [0.25, 0.3) is 5.76 Å². The molecule has 0 aromatic heterocycles. The number of ketones is 1. The molecule has 0 radical (unpaired) electrons. The third-order valence-corrected chi connectivity index (χ3v) is 2.97. The molecule has 3 rings (SSSR count). The number of Topliss-reactive ketones (excluding diaryl/α,β-unsaturated/α-hetero) is 1. The minimum absolute atomic E-state index is 0.0904. The number of nitrogen functional groups attached to an aromatic ring is 1. The van der Waals surface area contributed by atoms with Gasteiger partial charge in [-0.25, -0.2) is 4.99 Å². The number of hydrogen-bond donors (Lipinski definition) is 1. The third-order valence-electron chi connectivity index (χ3n) is 2.97. The van der Waals surface area contributed by atoms with Gasteiger partial charge in [0.05, 0.1) is 5.57 Å². The molecule has 0 fully saturated rings. The maximum atomic E-state index is 11.6. The van der Waals surface area contributed by atoms with Gasteiger partial charge in [0.25, 0.3) is 0 Å². The van der Waals surface area contributed by atoms with Gasteiger partial charge in [-0.3, -0.25) is 4.79 Å². The Kier molecular flexibility index (Phi) is 2.48. The lowest BCUT2D eigenvalue weighted by Gasteiger charge is -2.20. The van der Waals surface area contributed by atoms with Gasteiger partial charge in [0.15, 0.2) is 5.78 Å². The standard InChI is InChI=1S/C14H12N2O2/c15-10-3-1-9(2-4-10)13-6-5-11-12(17)7-8-16-14(11)18-13/h1-4,6,8H,5,7,15H2. The van der Waals surface area contributed by atoms with Gasteiger partial charge in [0.2, 0.25) is 5.88 Å². The average molecular weight is 240 g/mol. The van der Waals surface area contributed by atoms with E-state index in [4.69, 9.17) is 10.5 Å². The summed E-state index contributed by atoms with van der Waals surface area (Å²) < 4.78 is 5.67. The third kappa shape index (κ3) is 1.82. The van der Waals surface area contributed by atoms with Crippen molar-refractivity contribution in [2.24, 2.45) is 4.99 Å². The summed E-state index contributed by atoms with van der Waals surface area (Å²) in [6.45, 7) is 0. The van der Waals surface area contributed by atoms with E-state index >= 15 is 0 Å². The Morgan fingerprint density at radius 1 is 1.17 bits per heavy atom. The average Bonchev–Trinajstić information content (AvgIpc) is 2.39. The fourth-order valence-corrected chi connectivity index (χ4v) is 1.99. The van der Waals surface area contributed by atoms with Crippen molar-refractivity contribution in [2.75, 3.05) is 5.73 Å². The van der Waals surface area contributed by atoms with Crippen LogP contribution >= 0.6 is 0 Å². The molecular formula is C14H12N2O2. The van der Waals surface area contributed by atoms with Crippen LogP contribution in [0.15, 0.2) is 46.8 Å². The van der Waals surface area contributed by atoms with Crippen molar-refractivity contribution in [1.82, 2.24) is 0 Å². The van der Waals surface area contributed by atoms with Crippen molar-refractivity contribution in [2.45, 2.75) is 12.8 Å². The molecule has 2 aliphatic rings. The second kappa shape index (κ2) is 4.14. The normalized spacial score (nSPS) is 18.2. The molecule has 0 saturated carbocycles. The van der Waals surface area contributed by atoms with Gasteiger partial charge in [-0.1, -0.05) is 0 Å². The Bertz CT molecular complexity index is 595. The molecule has 2 N–H and O–H groups in total. The van der Waals surface area contributed by atoms with Crippen LogP contribution in [0.5, 0.6) is 0 Å². The van der Waals surface area contributed by atoms with Gasteiger partial charge in [-0.2, -0.15) is 0 Å². The minimum Gasteiger partial charge on any atom is -0.438 e. The number of rotatable bonds is 1. The largest absolute Gasteiger partial charge is 0.438 e. The number of nitrogens with zero attached hydrogens (tertiary/aromatic N) is 1. The van der Waals surface area contributed by atoms with Crippen molar-refractivity contribution < 1.29 is 9.53 Å². The summed E-state index contributed by atoms with van der Waals surface area (Å²) in [5.41, 5.74) is 7.95. The topological polar surface area (TPSA) is 64.7 Å². The van der Waals surface area contributed by atoms with Crippen LogP contribution in [-0.2, 0) is 9.53 Å². The summed E-state index contributed by atoms with van der Waals surface area (Å²) in [5, 5.41) is 0. The highest BCUT2D eigenvalue weighted by Gasteiger charge is 2.23. The number of ether oxygens (including phenoxy) is 1. The number of carbonyl (C=O) groups excluding carboxylic acids is 1. The number of allylic oxidation sites excluding steroid dienone is 2. The zero-order valence-corrected chi connectivity index (χ0v) is 9.72. The van der Waals surface area contributed by atoms with Crippen LogP contribution in [0, 0.1) is 0 Å². The molecule has 0 bridgehead atoms. The van der Waals surface area contributed by atoms with Crippen LogP contribution < -0.4 is 5.73 Å². The van der Waals surface area contributed by atoms with Crippen LogP contribution in [0.3, 0.4) is 0 Å². The fraction of sp³-hybridized carbons (Fsp3) is 0.143. The molecule has 2 aliphatic heterocycles. The van der Waals surface area contributed by atoms with Crippen LogP contribution in [-0.4, -0.2) is 12.0 Å².